The molecule has 0 aliphatic heterocycles. The molecule has 0 aromatic carbocycles. The van der Waals surface area contributed by atoms with Crippen molar-refractivity contribution in [2.24, 2.45) is 5.73 Å². The third kappa shape index (κ3) is 3.06. The van der Waals surface area contributed by atoms with Gasteiger partial charge in [0.1, 0.15) is 0 Å². The number of ether oxygens (including phenoxy) is 1. The van der Waals surface area contributed by atoms with Gasteiger partial charge in [0.15, 0.2) is 0 Å². The predicted octanol–water partition coefficient (Wildman–Crippen LogP) is 1.11. The molecule has 0 radical (unpaired) electrons. The minimum Gasteiger partial charge on any atom is -0.478 e. The molecular weight excluding hydrogens is 216 g/mol. The smallest absolute Gasteiger partial charge is 0.229 e. The Morgan fingerprint density at radius 3 is 2.82 bits per heavy atom. The Morgan fingerprint density at radius 1 is 1.47 bits per heavy atom. The fourth-order valence-electron chi connectivity index (χ4n) is 1.85. The lowest BCUT2D eigenvalue weighted by Crippen LogP contribution is -2.33. The molecule has 2 rings (SSSR count). The third-order valence-electron chi connectivity index (χ3n) is 2.73. The maximum atomic E-state index is 5.64. The summed E-state index contributed by atoms with van der Waals surface area (Å²) in [5.41, 5.74) is 6.57. The zero-order chi connectivity index (χ0) is 12.3. The first-order valence-electron chi connectivity index (χ1n) is 6.19. The van der Waals surface area contributed by atoms with E-state index in [4.69, 9.17) is 10.5 Å². The summed E-state index contributed by atoms with van der Waals surface area (Å²) in [6.07, 6.45) is 2.42. The number of nitrogens with zero attached hydrogens (tertiary/aromatic N) is 3. The predicted molar refractivity (Wildman–Crippen MR) is 67.4 cm³/mol. The molecule has 0 unspecified atom stereocenters. The van der Waals surface area contributed by atoms with Crippen molar-refractivity contribution in [1.82, 2.24) is 9.97 Å². The highest BCUT2D eigenvalue weighted by Gasteiger charge is 2.30. The number of nitrogens with two attached hydrogens (primary N) is 1. The molecule has 1 heterocycles. The van der Waals surface area contributed by atoms with Gasteiger partial charge in [0.2, 0.25) is 11.8 Å². The normalized spacial score (nSPS) is 14.8. The van der Waals surface area contributed by atoms with Gasteiger partial charge >= 0.3 is 0 Å². The maximum Gasteiger partial charge on any atom is 0.229 e. The highest BCUT2D eigenvalue weighted by Crippen LogP contribution is 2.30. The second kappa shape index (κ2) is 5.31. The quantitative estimate of drug-likeness (QED) is 0.801. The minimum atomic E-state index is 0.565. The molecule has 1 fully saturated rings. The third-order valence-corrected chi connectivity index (χ3v) is 2.73. The van der Waals surface area contributed by atoms with Gasteiger partial charge in [-0.25, -0.2) is 4.98 Å². The lowest BCUT2D eigenvalue weighted by Gasteiger charge is -2.22. The highest BCUT2D eigenvalue weighted by atomic mass is 16.5. The summed E-state index contributed by atoms with van der Waals surface area (Å²) in [6, 6.07) is 2.43. The molecule has 17 heavy (non-hydrogen) atoms. The Balaban J connectivity index is 2.22. The van der Waals surface area contributed by atoms with Gasteiger partial charge in [-0.2, -0.15) is 4.98 Å². The van der Waals surface area contributed by atoms with Gasteiger partial charge in [-0.15, -0.1) is 0 Å². The van der Waals surface area contributed by atoms with E-state index in [1.54, 1.807) is 0 Å². The molecule has 0 amide bonds. The lowest BCUT2D eigenvalue weighted by atomic mass is 10.4. The van der Waals surface area contributed by atoms with E-state index in [0.29, 0.717) is 25.1 Å². The standard InChI is InChI=1S/C12H20N4O/c1-3-17-11-8-9(2)14-12(15-11)16(7-6-13)10-4-5-10/h8,10H,3-7,13H2,1-2H3. The number of aryl methyl sites for hydroxylation is 1. The first-order valence-corrected chi connectivity index (χ1v) is 6.19. The summed E-state index contributed by atoms with van der Waals surface area (Å²) >= 11 is 0. The molecular formula is C12H20N4O. The molecule has 1 aromatic heterocycles. The molecule has 1 saturated carbocycles. The van der Waals surface area contributed by atoms with Gasteiger partial charge in [0.05, 0.1) is 6.61 Å². The number of anilines is 1. The van der Waals surface area contributed by atoms with Crippen molar-refractivity contribution in [2.45, 2.75) is 32.7 Å². The van der Waals surface area contributed by atoms with Crippen molar-refractivity contribution < 1.29 is 4.74 Å². The molecule has 0 spiro atoms. The van der Waals surface area contributed by atoms with E-state index < -0.39 is 0 Å². The van der Waals surface area contributed by atoms with Crippen molar-refractivity contribution in [3.63, 3.8) is 0 Å². The fourth-order valence-corrected chi connectivity index (χ4v) is 1.85. The van der Waals surface area contributed by atoms with E-state index in [0.717, 1.165) is 18.2 Å². The zero-order valence-electron chi connectivity index (χ0n) is 10.5. The van der Waals surface area contributed by atoms with Crippen LogP contribution >= 0.6 is 0 Å². The van der Waals surface area contributed by atoms with Gasteiger partial charge in [-0.3, -0.25) is 0 Å². The minimum absolute atomic E-state index is 0.565. The Bertz CT molecular complexity index is 379. The van der Waals surface area contributed by atoms with Crippen LogP contribution in [0.1, 0.15) is 25.5 Å². The fraction of sp³-hybridized carbons (Fsp3) is 0.667. The Hall–Kier alpha value is -1.36. The first-order chi connectivity index (χ1) is 8.24. The van der Waals surface area contributed by atoms with Crippen molar-refractivity contribution in [3.8, 4) is 5.88 Å². The molecule has 5 nitrogen and oxygen atoms in total. The van der Waals surface area contributed by atoms with E-state index in [2.05, 4.69) is 14.9 Å². The zero-order valence-corrected chi connectivity index (χ0v) is 10.5. The van der Waals surface area contributed by atoms with Crippen LogP contribution in [-0.2, 0) is 0 Å². The van der Waals surface area contributed by atoms with Gasteiger partial charge in [-0.05, 0) is 26.7 Å². The number of hydrogen-bond acceptors (Lipinski definition) is 5. The summed E-state index contributed by atoms with van der Waals surface area (Å²) in [4.78, 5) is 11.1. The lowest BCUT2D eigenvalue weighted by molar-refractivity contribution is 0.326. The molecule has 1 aromatic rings. The monoisotopic (exact) mass is 236 g/mol. The average molecular weight is 236 g/mol. The van der Waals surface area contributed by atoms with Crippen LogP contribution < -0.4 is 15.4 Å². The molecule has 0 bridgehead atoms. The van der Waals surface area contributed by atoms with Gasteiger partial charge in [-0.1, -0.05) is 0 Å². The van der Waals surface area contributed by atoms with Crippen LogP contribution in [0.2, 0.25) is 0 Å². The van der Waals surface area contributed by atoms with Crippen LogP contribution in [0, 0.1) is 6.92 Å². The van der Waals surface area contributed by atoms with E-state index in [1.165, 1.54) is 12.8 Å². The SMILES string of the molecule is CCOc1cc(C)nc(N(CCN)C2CC2)n1. The van der Waals surface area contributed by atoms with Crippen molar-refractivity contribution in [1.29, 1.82) is 0 Å². The number of hydrogen-bond donors (Lipinski definition) is 1. The van der Waals surface area contributed by atoms with Crippen LogP contribution in [0.5, 0.6) is 5.88 Å². The summed E-state index contributed by atoms with van der Waals surface area (Å²) < 4.78 is 5.45. The van der Waals surface area contributed by atoms with Crippen molar-refractivity contribution in [2.75, 3.05) is 24.6 Å². The van der Waals surface area contributed by atoms with Crippen LogP contribution in [0.3, 0.4) is 0 Å². The maximum absolute atomic E-state index is 5.64. The summed E-state index contributed by atoms with van der Waals surface area (Å²) in [7, 11) is 0. The number of aromatic nitrogens is 2. The average Bonchev–Trinajstić information content (AvgIpc) is 3.09. The second-order valence-corrected chi connectivity index (χ2v) is 4.29. The van der Waals surface area contributed by atoms with Gasteiger partial charge in [0.25, 0.3) is 0 Å². The topological polar surface area (TPSA) is 64.3 Å². The highest BCUT2D eigenvalue weighted by molar-refractivity contribution is 5.37. The molecule has 0 atom stereocenters. The van der Waals surface area contributed by atoms with E-state index in [1.807, 2.05) is 19.9 Å². The summed E-state index contributed by atoms with van der Waals surface area (Å²) in [5.74, 6) is 1.40. The van der Waals surface area contributed by atoms with E-state index in [9.17, 15) is 0 Å². The van der Waals surface area contributed by atoms with E-state index >= 15 is 0 Å². The van der Waals surface area contributed by atoms with E-state index in [-0.39, 0.29) is 0 Å². The van der Waals surface area contributed by atoms with Gasteiger partial charge < -0.3 is 15.4 Å². The molecule has 0 saturated heterocycles. The summed E-state index contributed by atoms with van der Waals surface area (Å²) in [6.45, 7) is 5.96. The van der Waals surface area contributed by atoms with Crippen LogP contribution in [-0.4, -0.2) is 35.7 Å². The second-order valence-electron chi connectivity index (χ2n) is 4.29. The Kier molecular flexibility index (Phi) is 3.78. The van der Waals surface area contributed by atoms with Crippen LogP contribution in [0.4, 0.5) is 5.95 Å². The number of rotatable bonds is 6. The van der Waals surface area contributed by atoms with Crippen molar-refractivity contribution >= 4 is 5.95 Å². The van der Waals surface area contributed by atoms with Gasteiger partial charge in [0, 0.05) is 30.9 Å². The summed E-state index contributed by atoms with van der Waals surface area (Å²) in [5, 5.41) is 0. The molecule has 1 aliphatic rings. The Morgan fingerprint density at radius 2 is 2.24 bits per heavy atom. The first kappa shape index (κ1) is 12.1. The molecule has 5 heteroatoms. The van der Waals surface area contributed by atoms with Crippen LogP contribution in [0.25, 0.3) is 0 Å². The molecule has 94 valence electrons. The molecule has 2 N–H and O–H groups in total. The van der Waals surface area contributed by atoms with Crippen molar-refractivity contribution in [3.05, 3.63) is 11.8 Å². The molecule has 1 aliphatic carbocycles. The largest absolute Gasteiger partial charge is 0.478 e. The van der Waals surface area contributed by atoms with Crippen LogP contribution in [0.15, 0.2) is 6.07 Å². The Labute approximate surface area is 102 Å².